The van der Waals surface area contributed by atoms with Crippen molar-refractivity contribution in [3.8, 4) is 5.75 Å². The van der Waals surface area contributed by atoms with Gasteiger partial charge in [0.2, 0.25) is 0 Å². The van der Waals surface area contributed by atoms with Crippen molar-refractivity contribution < 1.29 is 4.74 Å². The van der Waals surface area contributed by atoms with Crippen molar-refractivity contribution in [1.29, 1.82) is 0 Å². The molecule has 18 heavy (non-hydrogen) atoms. The zero-order valence-electron chi connectivity index (χ0n) is 11.0. The lowest BCUT2D eigenvalue weighted by Gasteiger charge is -2.10. The minimum absolute atomic E-state index is 0.443. The van der Waals surface area contributed by atoms with E-state index in [1.165, 1.54) is 11.1 Å². The summed E-state index contributed by atoms with van der Waals surface area (Å²) in [7, 11) is 0. The van der Waals surface area contributed by atoms with Gasteiger partial charge in [0.05, 0.1) is 0 Å². The Hall–Kier alpha value is -2.03. The predicted octanol–water partition coefficient (Wildman–Crippen LogP) is 3.17. The van der Waals surface area contributed by atoms with Crippen molar-refractivity contribution in [1.82, 2.24) is 4.98 Å². The summed E-state index contributed by atoms with van der Waals surface area (Å²) in [4.78, 5) is 4.17. The Morgan fingerprint density at radius 2 is 1.83 bits per heavy atom. The van der Waals surface area contributed by atoms with E-state index < -0.39 is 0 Å². The van der Waals surface area contributed by atoms with Crippen LogP contribution in [0.4, 0.5) is 5.82 Å². The second-order valence-corrected chi connectivity index (χ2v) is 4.54. The van der Waals surface area contributed by atoms with Gasteiger partial charge in [-0.2, -0.15) is 0 Å². The summed E-state index contributed by atoms with van der Waals surface area (Å²) in [6, 6.07) is 10.1. The smallest absolute Gasteiger partial charge is 0.166 e. The predicted molar refractivity (Wildman–Crippen MR) is 73.6 cm³/mol. The first-order chi connectivity index (χ1) is 8.56. The van der Waals surface area contributed by atoms with Crippen molar-refractivity contribution >= 4 is 5.82 Å². The first-order valence-corrected chi connectivity index (χ1v) is 5.98. The van der Waals surface area contributed by atoms with Gasteiger partial charge in [0.1, 0.15) is 6.61 Å². The lowest BCUT2D eigenvalue weighted by molar-refractivity contribution is 0.307. The normalized spacial score (nSPS) is 10.4. The molecule has 1 aromatic carbocycles. The zero-order valence-corrected chi connectivity index (χ0v) is 11.0. The van der Waals surface area contributed by atoms with Gasteiger partial charge in [-0.15, -0.1) is 0 Å². The van der Waals surface area contributed by atoms with Crippen LogP contribution in [-0.2, 0) is 6.61 Å². The number of aromatic nitrogens is 1. The van der Waals surface area contributed by atoms with Gasteiger partial charge < -0.3 is 10.5 Å². The van der Waals surface area contributed by atoms with Gasteiger partial charge >= 0.3 is 0 Å². The zero-order chi connectivity index (χ0) is 13.1. The van der Waals surface area contributed by atoms with Crippen LogP contribution in [0.25, 0.3) is 0 Å². The summed E-state index contributed by atoms with van der Waals surface area (Å²) in [6.45, 7) is 6.61. The van der Waals surface area contributed by atoms with E-state index in [0.717, 1.165) is 11.3 Å². The van der Waals surface area contributed by atoms with Crippen LogP contribution in [0.3, 0.4) is 0 Å². The minimum Gasteiger partial charge on any atom is -0.485 e. The molecule has 0 saturated carbocycles. The third kappa shape index (κ3) is 2.80. The molecule has 0 atom stereocenters. The standard InChI is InChI=1S/C15H18N2O/c1-10-4-6-13(8-11(10)2)9-18-14-7-5-12(3)17-15(14)16/h4-8H,9H2,1-3H3,(H2,16,17). The number of aryl methyl sites for hydroxylation is 3. The van der Waals surface area contributed by atoms with Crippen LogP contribution in [0.1, 0.15) is 22.4 Å². The summed E-state index contributed by atoms with van der Waals surface area (Å²) < 4.78 is 5.69. The molecule has 3 nitrogen and oxygen atoms in total. The fourth-order valence-corrected chi connectivity index (χ4v) is 1.74. The van der Waals surface area contributed by atoms with Gasteiger partial charge in [0, 0.05) is 5.69 Å². The number of benzene rings is 1. The number of hydrogen-bond acceptors (Lipinski definition) is 3. The van der Waals surface area contributed by atoms with E-state index in [2.05, 4.69) is 37.0 Å². The van der Waals surface area contributed by atoms with Crippen LogP contribution in [0.5, 0.6) is 5.75 Å². The Labute approximate surface area is 108 Å². The third-order valence-electron chi connectivity index (χ3n) is 2.99. The molecule has 0 aliphatic carbocycles. The van der Waals surface area contributed by atoms with Gasteiger partial charge in [-0.05, 0) is 49.6 Å². The maximum Gasteiger partial charge on any atom is 0.166 e. The Bertz CT molecular complexity index is 564. The maximum absolute atomic E-state index is 5.80. The minimum atomic E-state index is 0.443. The molecular weight excluding hydrogens is 224 g/mol. The average molecular weight is 242 g/mol. The van der Waals surface area contributed by atoms with Crippen molar-refractivity contribution in [2.45, 2.75) is 27.4 Å². The summed E-state index contributed by atoms with van der Waals surface area (Å²) in [5, 5.41) is 0. The molecule has 0 bridgehead atoms. The lowest BCUT2D eigenvalue weighted by atomic mass is 10.1. The molecule has 94 valence electrons. The number of nitrogens with zero attached hydrogens (tertiary/aromatic N) is 1. The first kappa shape index (κ1) is 12.4. The Morgan fingerprint density at radius 3 is 2.50 bits per heavy atom. The van der Waals surface area contributed by atoms with Gasteiger partial charge in [-0.25, -0.2) is 4.98 Å². The molecule has 0 radical (unpaired) electrons. The molecule has 0 aliphatic heterocycles. The van der Waals surface area contributed by atoms with E-state index in [1.54, 1.807) is 0 Å². The molecule has 0 aliphatic rings. The molecule has 0 unspecified atom stereocenters. The molecule has 1 aromatic heterocycles. The van der Waals surface area contributed by atoms with Gasteiger partial charge in [0.15, 0.2) is 11.6 Å². The van der Waals surface area contributed by atoms with E-state index in [4.69, 9.17) is 10.5 Å². The largest absolute Gasteiger partial charge is 0.485 e. The summed E-state index contributed by atoms with van der Waals surface area (Å²) >= 11 is 0. The summed E-state index contributed by atoms with van der Waals surface area (Å²) in [6.07, 6.45) is 0. The van der Waals surface area contributed by atoms with Crippen LogP contribution in [0, 0.1) is 20.8 Å². The van der Waals surface area contributed by atoms with E-state index in [0.29, 0.717) is 18.2 Å². The van der Waals surface area contributed by atoms with Gasteiger partial charge in [0.25, 0.3) is 0 Å². The van der Waals surface area contributed by atoms with Crippen molar-refractivity contribution in [2.24, 2.45) is 0 Å². The van der Waals surface area contributed by atoms with Crippen molar-refractivity contribution in [3.05, 3.63) is 52.7 Å². The Morgan fingerprint density at radius 1 is 1.06 bits per heavy atom. The van der Waals surface area contributed by atoms with E-state index in [1.807, 2.05) is 19.1 Å². The summed E-state index contributed by atoms with van der Waals surface area (Å²) in [5.74, 6) is 1.08. The van der Waals surface area contributed by atoms with Crippen molar-refractivity contribution in [2.75, 3.05) is 5.73 Å². The highest BCUT2D eigenvalue weighted by molar-refractivity contribution is 5.46. The number of rotatable bonds is 3. The molecule has 2 rings (SSSR count). The second-order valence-electron chi connectivity index (χ2n) is 4.54. The Kier molecular flexibility index (Phi) is 3.51. The SMILES string of the molecule is Cc1ccc(OCc2ccc(C)c(C)c2)c(N)n1. The van der Waals surface area contributed by atoms with Crippen LogP contribution < -0.4 is 10.5 Å². The molecule has 1 heterocycles. The highest BCUT2D eigenvalue weighted by atomic mass is 16.5. The maximum atomic E-state index is 5.80. The lowest BCUT2D eigenvalue weighted by Crippen LogP contribution is -2.01. The average Bonchev–Trinajstić information content (AvgIpc) is 2.32. The number of nitrogens with two attached hydrogens (primary N) is 1. The van der Waals surface area contributed by atoms with Crippen LogP contribution in [0.2, 0.25) is 0 Å². The van der Waals surface area contributed by atoms with E-state index in [9.17, 15) is 0 Å². The number of hydrogen-bond donors (Lipinski definition) is 1. The molecule has 0 fully saturated rings. The summed E-state index contributed by atoms with van der Waals surface area (Å²) in [5.41, 5.74) is 10.4. The molecular formula is C15H18N2O. The number of nitrogen functional groups attached to an aromatic ring is 1. The van der Waals surface area contributed by atoms with Crippen LogP contribution in [0.15, 0.2) is 30.3 Å². The molecule has 3 heteroatoms. The molecule has 0 spiro atoms. The molecule has 0 saturated heterocycles. The number of anilines is 1. The van der Waals surface area contributed by atoms with E-state index >= 15 is 0 Å². The van der Waals surface area contributed by atoms with Gasteiger partial charge in [-0.3, -0.25) is 0 Å². The molecule has 0 amide bonds. The van der Waals surface area contributed by atoms with E-state index in [-0.39, 0.29) is 0 Å². The third-order valence-corrected chi connectivity index (χ3v) is 2.99. The fraction of sp³-hybridized carbons (Fsp3) is 0.267. The number of ether oxygens (including phenoxy) is 1. The number of pyridine rings is 1. The van der Waals surface area contributed by atoms with Crippen LogP contribution >= 0.6 is 0 Å². The van der Waals surface area contributed by atoms with Crippen molar-refractivity contribution in [3.63, 3.8) is 0 Å². The Balaban J connectivity index is 2.09. The molecule has 2 aromatic rings. The first-order valence-electron chi connectivity index (χ1n) is 5.98. The van der Waals surface area contributed by atoms with Gasteiger partial charge in [-0.1, -0.05) is 18.2 Å². The monoisotopic (exact) mass is 242 g/mol. The van der Waals surface area contributed by atoms with Crippen LogP contribution in [-0.4, -0.2) is 4.98 Å². The highest BCUT2D eigenvalue weighted by Crippen LogP contribution is 2.20. The topological polar surface area (TPSA) is 48.1 Å². The fourth-order valence-electron chi connectivity index (χ4n) is 1.74. The quantitative estimate of drug-likeness (QED) is 0.899. The highest BCUT2D eigenvalue weighted by Gasteiger charge is 2.03. The second kappa shape index (κ2) is 5.08. The molecule has 2 N–H and O–H groups in total.